The maximum absolute atomic E-state index is 11.1. The minimum absolute atomic E-state index is 0.0746. The van der Waals surface area contributed by atoms with Crippen molar-refractivity contribution in [2.75, 3.05) is 19.5 Å². The predicted octanol–water partition coefficient (Wildman–Crippen LogP) is 1.33. The zero-order valence-corrected chi connectivity index (χ0v) is 11.1. The Kier molecular flexibility index (Phi) is 5.96. The molecule has 96 valence electrons. The molecule has 0 N–H and O–H groups in total. The third-order valence-corrected chi connectivity index (χ3v) is 2.52. The van der Waals surface area contributed by atoms with Crippen molar-refractivity contribution in [2.24, 2.45) is 5.41 Å². The van der Waals surface area contributed by atoms with Crippen molar-refractivity contribution in [3.8, 4) is 0 Å². The van der Waals surface area contributed by atoms with Crippen LogP contribution in [0.25, 0.3) is 0 Å². The van der Waals surface area contributed by atoms with Crippen LogP contribution in [0.15, 0.2) is 0 Å². The number of ether oxygens (including phenoxy) is 1. The molecule has 6 heteroatoms. The summed E-state index contributed by atoms with van der Waals surface area (Å²) in [6.07, 6.45) is 1.81. The molecule has 0 bridgehead atoms. The average Bonchev–Trinajstić information content (AvgIpc) is 2.12. The van der Waals surface area contributed by atoms with Gasteiger partial charge in [0.15, 0.2) is 0 Å². The minimum atomic E-state index is -3.42. The standard InChI is InChI=1S/C10H20O5S/c1-5-14-9(11)6-7-10(2,3)8-15-16(4,12)13/h5-8H2,1-4H3. The zero-order chi connectivity index (χ0) is 12.8. The van der Waals surface area contributed by atoms with Gasteiger partial charge in [0.1, 0.15) is 0 Å². The van der Waals surface area contributed by atoms with Gasteiger partial charge in [-0.3, -0.25) is 8.98 Å². The SMILES string of the molecule is CCOC(=O)CCC(C)(C)COS(C)(=O)=O. The number of carbonyl (C=O) groups excluding carboxylic acids is 1. The van der Waals surface area contributed by atoms with Crippen molar-refractivity contribution in [2.45, 2.75) is 33.6 Å². The summed E-state index contributed by atoms with van der Waals surface area (Å²) in [5.74, 6) is -0.269. The lowest BCUT2D eigenvalue weighted by Crippen LogP contribution is -2.23. The van der Waals surface area contributed by atoms with Gasteiger partial charge in [-0.25, -0.2) is 0 Å². The first kappa shape index (κ1) is 15.4. The lowest BCUT2D eigenvalue weighted by atomic mass is 9.89. The molecule has 0 aromatic heterocycles. The predicted molar refractivity (Wildman–Crippen MR) is 60.4 cm³/mol. The molecule has 0 unspecified atom stereocenters. The van der Waals surface area contributed by atoms with E-state index in [2.05, 4.69) is 0 Å². The van der Waals surface area contributed by atoms with E-state index in [4.69, 9.17) is 8.92 Å². The van der Waals surface area contributed by atoms with E-state index in [0.29, 0.717) is 13.0 Å². The highest BCUT2D eigenvalue weighted by molar-refractivity contribution is 7.85. The molecule has 5 nitrogen and oxygen atoms in total. The number of carbonyl (C=O) groups is 1. The van der Waals surface area contributed by atoms with E-state index in [9.17, 15) is 13.2 Å². The Morgan fingerprint density at radius 3 is 2.31 bits per heavy atom. The molecular formula is C10H20O5S. The van der Waals surface area contributed by atoms with Gasteiger partial charge in [-0.2, -0.15) is 8.42 Å². The van der Waals surface area contributed by atoms with Crippen LogP contribution < -0.4 is 0 Å². The number of rotatable bonds is 7. The summed E-state index contributed by atoms with van der Waals surface area (Å²) in [4.78, 5) is 11.1. The Morgan fingerprint density at radius 2 is 1.88 bits per heavy atom. The van der Waals surface area contributed by atoms with Crippen LogP contribution in [0.3, 0.4) is 0 Å². The fourth-order valence-corrected chi connectivity index (χ4v) is 1.55. The molecule has 0 aliphatic carbocycles. The van der Waals surface area contributed by atoms with Crippen LogP contribution in [-0.4, -0.2) is 33.9 Å². The van der Waals surface area contributed by atoms with Crippen molar-refractivity contribution < 1.29 is 22.1 Å². The first-order valence-electron chi connectivity index (χ1n) is 5.16. The van der Waals surface area contributed by atoms with Crippen LogP contribution in [-0.2, 0) is 23.8 Å². The monoisotopic (exact) mass is 252 g/mol. The van der Waals surface area contributed by atoms with Crippen LogP contribution in [0.2, 0.25) is 0 Å². The molecule has 0 heterocycles. The molecule has 0 aromatic rings. The van der Waals surface area contributed by atoms with Gasteiger partial charge >= 0.3 is 5.97 Å². The van der Waals surface area contributed by atoms with Gasteiger partial charge in [0.25, 0.3) is 10.1 Å². The smallest absolute Gasteiger partial charge is 0.305 e. The second-order valence-corrected chi connectivity index (χ2v) is 6.08. The average molecular weight is 252 g/mol. The molecule has 0 fully saturated rings. The second kappa shape index (κ2) is 6.20. The topological polar surface area (TPSA) is 69.7 Å². The van der Waals surface area contributed by atoms with E-state index in [-0.39, 0.29) is 24.4 Å². The van der Waals surface area contributed by atoms with Crippen LogP contribution >= 0.6 is 0 Å². The maximum Gasteiger partial charge on any atom is 0.305 e. The van der Waals surface area contributed by atoms with E-state index >= 15 is 0 Å². The highest BCUT2D eigenvalue weighted by Gasteiger charge is 2.22. The molecule has 0 atom stereocenters. The first-order chi connectivity index (χ1) is 7.16. The Balaban J connectivity index is 4.00. The quantitative estimate of drug-likeness (QED) is 0.505. The maximum atomic E-state index is 11.1. The Hall–Kier alpha value is -0.620. The Bertz CT molecular complexity index is 318. The zero-order valence-electron chi connectivity index (χ0n) is 10.3. The molecule has 0 saturated carbocycles. The van der Waals surface area contributed by atoms with Gasteiger partial charge in [0, 0.05) is 6.42 Å². The van der Waals surface area contributed by atoms with Crippen LogP contribution in [0.5, 0.6) is 0 Å². The summed E-state index contributed by atoms with van der Waals surface area (Å²) in [6, 6.07) is 0. The molecule has 0 rings (SSSR count). The van der Waals surface area contributed by atoms with Gasteiger partial charge in [0.2, 0.25) is 0 Å². The van der Waals surface area contributed by atoms with Gasteiger partial charge in [0.05, 0.1) is 19.5 Å². The molecule has 16 heavy (non-hydrogen) atoms. The van der Waals surface area contributed by atoms with E-state index in [1.165, 1.54) is 0 Å². The van der Waals surface area contributed by atoms with Gasteiger partial charge < -0.3 is 4.74 Å². The van der Waals surface area contributed by atoms with Crippen LogP contribution in [0, 0.1) is 5.41 Å². The molecule has 0 radical (unpaired) electrons. The van der Waals surface area contributed by atoms with Crippen molar-refractivity contribution in [1.29, 1.82) is 0 Å². The summed E-state index contributed by atoms with van der Waals surface area (Å²) < 4.78 is 31.1. The molecule has 0 saturated heterocycles. The van der Waals surface area contributed by atoms with Crippen LogP contribution in [0.1, 0.15) is 33.6 Å². The molecule has 0 amide bonds. The lowest BCUT2D eigenvalue weighted by molar-refractivity contribution is -0.143. The van der Waals surface area contributed by atoms with E-state index in [1.807, 2.05) is 13.8 Å². The lowest BCUT2D eigenvalue weighted by Gasteiger charge is -2.22. The van der Waals surface area contributed by atoms with E-state index < -0.39 is 10.1 Å². The molecule has 0 aliphatic rings. The Morgan fingerprint density at radius 1 is 1.31 bits per heavy atom. The van der Waals surface area contributed by atoms with Crippen LogP contribution in [0.4, 0.5) is 0 Å². The molecule has 0 spiro atoms. The number of hydrogen-bond donors (Lipinski definition) is 0. The van der Waals surface area contributed by atoms with E-state index in [1.54, 1.807) is 6.92 Å². The Labute approximate surface area is 97.2 Å². The minimum Gasteiger partial charge on any atom is -0.466 e. The van der Waals surface area contributed by atoms with Crippen molar-refractivity contribution >= 4 is 16.1 Å². The normalized spacial score (nSPS) is 12.5. The first-order valence-corrected chi connectivity index (χ1v) is 6.98. The molecule has 0 aromatic carbocycles. The van der Waals surface area contributed by atoms with Crippen molar-refractivity contribution in [3.63, 3.8) is 0 Å². The highest BCUT2D eigenvalue weighted by Crippen LogP contribution is 2.23. The van der Waals surface area contributed by atoms with E-state index in [0.717, 1.165) is 6.26 Å². The fourth-order valence-electron chi connectivity index (χ4n) is 1.01. The van der Waals surface area contributed by atoms with Crippen molar-refractivity contribution in [1.82, 2.24) is 0 Å². The number of hydrogen-bond acceptors (Lipinski definition) is 5. The molecule has 0 aliphatic heterocycles. The third kappa shape index (κ3) is 8.67. The highest BCUT2D eigenvalue weighted by atomic mass is 32.2. The van der Waals surface area contributed by atoms with Gasteiger partial charge in [-0.15, -0.1) is 0 Å². The van der Waals surface area contributed by atoms with Gasteiger partial charge in [-0.05, 0) is 18.8 Å². The second-order valence-electron chi connectivity index (χ2n) is 4.44. The fraction of sp³-hybridized carbons (Fsp3) is 0.900. The summed E-state index contributed by atoms with van der Waals surface area (Å²) in [5, 5.41) is 0. The third-order valence-electron chi connectivity index (χ3n) is 1.97. The summed E-state index contributed by atoms with van der Waals surface area (Å²) in [6.45, 7) is 5.87. The van der Waals surface area contributed by atoms with Crippen molar-refractivity contribution in [3.05, 3.63) is 0 Å². The molecular weight excluding hydrogens is 232 g/mol. The van der Waals surface area contributed by atoms with Gasteiger partial charge in [-0.1, -0.05) is 13.8 Å². The number of esters is 1. The largest absolute Gasteiger partial charge is 0.466 e. The summed E-state index contributed by atoms with van der Waals surface area (Å²) in [5.41, 5.74) is -0.365. The summed E-state index contributed by atoms with van der Waals surface area (Å²) in [7, 11) is -3.42. The summed E-state index contributed by atoms with van der Waals surface area (Å²) >= 11 is 0.